The third-order valence-electron chi connectivity index (χ3n) is 16.2. The van der Waals surface area contributed by atoms with Gasteiger partial charge in [0, 0.05) is 121 Å². The molecule has 2 aliphatic heterocycles. The Hall–Kier alpha value is -12.3. The smallest absolute Gasteiger partial charge is 0.373 e. The van der Waals surface area contributed by atoms with E-state index in [2.05, 4.69) is 57.3 Å². The number of ether oxygens (including phenoxy) is 11. The predicted octanol–water partition coefficient (Wildman–Crippen LogP) is 6.06. The summed E-state index contributed by atoms with van der Waals surface area (Å²) in [5.74, 6) is -3.57. The van der Waals surface area contributed by atoms with Gasteiger partial charge in [-0.25, -0.2) is 24.0 Å². The number of aldehydes is 1. The molecular weight excluding hydrogens is 1920 g/mol. The van der Waals surface area contributed by atoms with Crippen molar-refractivity contribution < 1.29 is 152 Å². The van der Waals surface area contributed by atoms with Gasteiger partial charge < -0.3 is 89.4 Å². The van der Waals surface area contributed by atoms with Crippen LogP contribution in [0.3, 0.4) is 0 Å². The zero-order chi connectivity index (χ0) is 101. The second-order valence-corrected chi connectivity index (χ2v) is 27.2. The molecular formula is C84H109Br3N6O37. The topological polar surface area (TPSA) is 568 Å². The van der Waals surface area contributed by atoms with Crippen LogP contribution < -0.4 is 27.1 Å². The van der Waals surface area contributed by atoms with E-state index in [1.54, 1.807) is 85.3 Å². The second-order valence-electron chi connectivity index (χ2n) is 24.9. The number of pyridine rings is 4. The lowest BCUT2D eigenvalue weighted by Gasteiger charge is -2.44. The highest BCUT2D eigenvalue weighted by Gasteiger charge is 2.40. The van der Waals surface area contributed by atoms with Gasteiger partial charge in [-0.2, -0.15) is 47.9 Å². The second kappa shape index (κ2) is 73.6. The first-order valence-electron chi connectivity index (χ1n) is 39.0. The van der Waals surface area contributed by atoms with E-state index in [0.29, 0.717) is 107 Å². The van der Waals surface area contributed by atoms with Gasteiger partial charge in [0.1, 0.15) is 64.0 Å². The maximum Gasteiger partial charge on any atom is 0.373 e. The summed E-state index contributed by atoms with van der Waals surface area (Å²) >= 11 is 9.76. The first-order valence-corrected chi connectivity index (χ1v) is 41.4. The number of halogens is 3. The van der Waals surface area contributed by atoms with E-state index >= 15 is 0 Å². The van der Waals surface area contributed by atoms with Crippen LogP contribution in [-0.4, -0.2) is 232 Å². The van der Waals surface area contributed by atoms with Gasteiger partial charge >= 0.3 is 66.6 Å². The first kappa shape index (κ1) is 126. The normalized spacial score (nSPS) is 11.8. The molecule has 7 rings (SSSR count). The number of rotatable bonds is 30. The lowest BCUT2D eigenvalue weighted by molar-refractivity contribution is -0.193. The van der Waals surface area contributed by atoms with Gasteiger partial charge in [0.05, 0.1) is 85.8 Å². The van der Waals surface area contributed by atoms with Crippen molar-refractivity contribution >= 4 is 138 Å². The highest BCUT2D eigenvalue weighted by molar-refractivity contribution is 9.11. The number of Topliss-reactive ketones (excluding diaryl/α,β-unsaturated/α-hetero) is 2. The summed E-state index contributed by atoms with van der Waals surface area (Å²) in [5.41, 5.74) is 1.84. The fraction of sp³-hybridized carbons (Fsp3) is 0.500. The number of methoxy groups -OCH3 is 4. The van der Waals surface area contributed by atoms with Crippen molar-refractivity contribution in [2.75, 3.05) is 88.8 Å². The Morgan fingerprint density at radius 1 is 0.515 bits per heavy atom. The van der Waals surface area contributed by atoms with E-state index < -0.39 is 53.8 Å². The Morgan fingerprint density at radius 2 is 0.923 bits per heavy atom. The van der Waals surface area contributed by atoms with Crippen molar-refractivity contribution in [3.63, 3.8) is 0 Å². The molecule has 2 atom stereocenters. The van der Waals surface area contributed by atoms with Crippen LogP contribution in [0.5, 0.6) is 0 Å². The Bertz CT molecular complexity index is 4920. The van der Waals surface area contributed by atoms with Crippen LogP contribution in [0.15, 0.2) is 96.8 Å². The molecule has 7 heterocycles. The number of aromatic nitrogens is 4. The van der Waals surface area contributed by atoms with Crippen LogP contribution in [0.25, 0.3) is 0 Å². The van der Waals surface area contributed by atoms with Gasteiger partial charge in [0.2, 0.25) is 10.9 Å². The standard InChI is InChI=1S/C14H17BrN2O3.C14H20BrNO5.C14H21NO5.C12H14BrNO4.C10H12O4.C9H15NO3.C6H10O3.5CO2/c1-3-9-6-16-7-10-17(8(2)4-5-20-10)14(19)12(16)11(15)13(9)18;1-5-10-12(15)13(17)9(14(18)21-6-2)7-16(10)8-11(19-3)20-4;1-5-10-7-12(16)11(14(17)20-6-2)8-15(10)9-13(18-3)19-4;1-3-9-10(13)11(16)8(12(17)18-4-2)7-14(9)5-6-15;1-3-7-5-9(11)8(6-14-7)10(12)13-4-2;1-5-13-9(12)8(7(2)11)6-10(3)4;1-3-9-6(8)4-5(2)7;5*2-1-3/h6,8,10H,3-5,7H2,1-2H3;7,11H,5-6,8H2,1-4H3;7-8,13H,5-6,9H2,1-4H3;6-7H,3-5H2,1-2H3;5-6H,3-4H2,1-2H3;6H,5H2,1-4H3;3-4H2,1-2H3;;;;;/b;;;;;8-6-;;;;;;/t8-,10+;;;;;;;;;;;/m1.........../s1. The van der Waals surface area contributed by atoms with Crippen LogP contribution in [0, 0.1) is 0 Å². The van der Waals surface area contributed by atoms with Crippen molar-refractivity contribution in [1.82, 2.24) is 28.1 Å². The quantitative estimate of drug-likeness (QED) is 0.00958. The lowest BCUT2D eigenvalue weighted by atomic mass is 10.1. The monoisotopic (exact) mass is 2030 g/mol. The van der Waals surface area contributed by atoms with Crippen LogP contribution in [0.1, 0.15) is 190 Å². The molecule has 130 heavy (non-hydrogen) atoms. The van der Waals surface area contributed by atoms with Gasteiger partial charge in [-0.15, -0.1) is 0 Å². The summed E-state index contributed by atoms with van der Waals surface area (Å²) in [6, 6.07) is 2.91. The van der Waals surface area contributed by atoms with E-state index in [1.165, 1.54) is 79.2 Å². The molecule has 0 unspecified atom stereocenters. The molecule has 2 aliphatic rings. The molecule has 0 saturated carbocycles. The number of esters is 6. The molecule has 0 N–H and O–H groups in total. The zero-order valence-corrected chi connectivity index (χ0v) is 80.4. The molecule has 1 amide bonds. The maximum absolute atomic E-state index is 12.7. The molecule has 5 aromatic rings. The summed E-state index contributed by atoms with van der Waals surface area (Å²) in [4.78, 5) is 257. The molecule has 43 nitrogen and oxygen atoms in total. The summed E-state index contributed by atoms with van der Waals surface area (Å²) in [7, 11) is 9.61. The third kappa shape index (κ3) is 46.1. The minimum absolute atomic E-state index is 0.00752. The summed E-state index contributed by atoms with van der Waals surface area (Å²) < 4.78 is 67.9. The molecule has 718 valence electrons. The minimum Gasteiger partial charge on any atom is -0.468 e. The van der Waals surface area contributed by atoms with Gasteiger partial charge in [0.25, 0.3) is 5.91 Å². The van der Waals surface area contributed by atoms with Gasteiger partial charge in [-0.3, -0.25) is 43.2 Å². The maximum atomic E-state index is 12.7. The van der Waals surface area contributed by atoms with Gasteiger partial charge in [-0.1, -0.05) is 34.6 Å². The number of fused-ring (bicyclic) bond motifs is 2. The summed E-state index contributed by atoms with van der Waals surface area (Å²) in [5, 5.41) is 0. The summed E-state index contributed by atoms with van der Waals surface area (Å²) in [6.45, 7) is 28.0. The molecule has 0 bridgehead atoms. The highest BCUT2D eigenvalue weighted by Crippen LogP contribution is 2.29. The number of amides is 1. The Balaban J connectivity index is -0.000000460. The van der Waals surface area contributed by atoms with Crippen LogP contribution in [0.4, 0.5) is 0 Å². The molecule has 1 saturated heterocycles. The number of hydrogen-bond acceptors (Lipinski definition) is 38. The summed E-state index contributed by atoms with van der Waals surface area (Å²) in [6.07, 6.45) is 13.5. The molecule has 0 radical (unpaired) electrons. The fourth-order valence-corrected chi connectivity index (χ4v) is 12.6. The van der Waals surface area contributed by atoms with Crippen molar-refractivity contribution in [2.24, 2.45) is 0 Å². The number of ketones is 2. The molecule has 46 heteroatoms. The predicted molar refractivity (Wildman–Crippen MR) is 459 cm³/mol. The largest absolute Gasteiger partial charge is 0.468 e. The van der Waals surface area contributed by atoms with E-state index in [-0.39, 0.29) is 156 Å². The van der Waals surface area contributed by atoms with Crippen molar-refractivity contribution in [3.05, 3.63) is 176 Å². The number of aryl methyl sites for hydroxylation is 3. The Morgan fingerprint density at radius 3 is 1.30 bits per heavy atom. The van der Waals surface area contributed by atoms with Crippen LogP contribution in [-0.2, 0) is 182 Å². The van der Waals surface area contributed by atoms with E-state index in [9.17, 15) is 71.9 Å². The average molecular weight is 2030 g/mol. The zero-order valence-electron chi connectivity index (χ0n) is 75.7. The minimum atomic E-state index is -0.675. The van der Waals surface area contributed by atoms with Gasteiger partial charge in [-0.05, 0) is 142 Å². The Labute approximate surface area is 771 Å². The molecule has 1 fully saturated rings. The van der Waals surface area contributed by atoms with Crippen LogP contribution in [0.2, 0.25) is 0 Å². The number of carbonyl (C=O) groups excluding carboxylic acids is 20. The van der Waals surface area contributed by atoms with E-state index in [4.69, 9.17) is 95.0 Å². The molecule has 0 spiro atoms. The highest BCUT2D eigenvalue weighted by atomic mass is 79.9. The fourth-order valence-electron chi connectivity index (χ4n) is 10.5. The SMILES string of the molecule is CCOC(=O)/C(=C\N(C)C)C(C)=O.CCOC(=O)CC(C)=O.CCOC(=O)c1cn(CC(OC)OC)c(CC)c(Br)c1=O.CCOC(=O)c1cn(CC(OC)OC)c(CC)cc1=O.CCOC(=O)c1cn(CC=O)c(CC)c(Br)c1=O.CCOC(=O)c1coc(CC)cc1=O.CCc1cn2c(c(Br)c1=O)C(=O)N1[C@H](C)CCO[C@H]1C2.O=C=O.O=C=O.O=C=O.O=C=O.O=C=O. The van der Waals surface area contributed by atoms with Crippen molar-refractivity contribution in [1.29, 1.82) is 0 Å². The molecule has 0 aliphatic carbocycles. The van der Waals surface area contributed by atoms with Crippen molar-refractivity contribution in [3.8, 4) is 0 Å². The van der Waals surface area contributed by atoms with E-state index in [0.717, 1.165) is 24.1 Å². The molecule has 0 aromatic carbocycles. The van der Waals surface area contributed by atoms with Crippen LogP contribution >= 0.6 is 47.8 Å². The first-order chi connectivity index (χ1) is 61.6. The molecule has 5 aromatic heterocycles. The van der Waals surface area contributed by atoms with Gasteiger partial charge in [0.15, 0.2) is 40.9 Å². The number of hydrogen-bond donors (Lipinski definition) is 0. The average Bonchev–Trinajstić information content (AvgIpc) is 0.774. The van der Waals surface area contributed by atoms with E-state index in [1.807, 2.05) is 46.1 Å². The third-order valence-corrected chi connectivity index (χ3v) is 18.6. The number of carbonyl (C=O) groups is 10. The lowest BCUT2D eigenvalue weighted by Crippen LogP contribution is -2.57. The van der Waals surface area contributed by atoms with Crippen molar-refractivity contribution in [2.45, 2.75) is 193 Å². The Kier molecular flexibility index (Phi) is 71.5. The number of nitrogens with zero attached hydrogens (tertiary/aromatic N) is 6.